The Morgan fingerprint density at radius 2 is 1.21 bits per heavy atom. The minimum atomic E-state index is -1.79. The molecule has 0 bridgehead atoms. The van der Waals surface area contributed by atoms with Crippen LogP contribution in [0.2, 0.25) is 0 Å². The third kappa shape index (κ3) is 14.7. The van der Waals surface area contributed by atoms with Crippen molar-refractivity contribution in [1.82, 2.24) is 51.8 Å². The van der Waals surface area contributed by atoms with E-state index >= 15 is 0 Å². The molecule has 0 fully saturated rings. The summed E-state index contributed by atoms with van der Waals surface area (Å²) in [4.78, 5) is 116. The zero-order chi connectivity index (χ0) is 42.9. The topological polar surface area (TPSA) is 379 Å². The van der Waals surface area contributed by atoms with Crippen molar-refractivity contribution in [2.24, 2.45) is 11.5 Å². The number of carboxylic acids is 1. The standard InChI is InChI=1S/C35H48N12O11/c1-17(48)28(33(55)40-14-27(51)43-25(35(57)58)10-21-13-39-16-42-21)47-34(56)29(18(2)49)46-32(54)23(8-19-6-4-3-5-7-19)45-31(53)24(11-26(37)50)44-30(52)22(36)9-20-12-38-15-41-20/h3-7,12-13,15-18,22-25,28-29,48-49H,8-11,14,36H2,1-2H3,(H2,37,50)(H,38,41)(H,39,42)(H,40,55)(H,43,51)(H,44,52)(H,45,53)(H,46,54)(H,47,56)(H,57,58)/t17-,18-,22+,23+,24+,25+,28+,29+/m1/s1. The van der Waals surface area contributed by atoms with Crippen LogP contribution in [0.3, 0.4) is 0 Å². The number of primary amides is 1. The molecule has 8 atom stereocenters. The number of nitrogens with two attached hydrogens (primary N) is 2. The Balaban J connectivity index is 1.72. The SMILES string of the molecule is C[C@@H](O)[C@H](NC(=O)[C@H](Cc1ccccc1)NC(=O)[C@H](CC(N)=O)NC(=O)[C@@H](N)Cc1cnc[nH]1)C(=O)N[C@H](C(=O)NCC(=O)N[C@@H](Cc1cnc[nH]1)C(=O)O)[C@@H](C)O. The number of H-pyrrole nitrogens is 2. The number of aliphatic carboxylic acids is 1. The number of aromatic nitrogens is 4. The molecule has 3 aromatic rings. The molecule has 0 radical (unpaired) electrons. The van der Waals surface area contributed by atoms with Crippen LogP contribution in [-0.2, 0) is 57.6 Å². The van der Waals surface area contributed by atoms with Gasteiger partial charge in [0.2, 0.25) is 41.4 Å². The van der Waals surface area contributed by atoms with E-state index in [-0.39, 0.29) is 19.3 Å². The molecule has 2 aromatic heterocycles. The number of hydrogen-bond acceptors (Lipinski definition) is 13. The van der Waals surface area contributed by atoms with Crippen molar-refractivity contribution in [1.29, 1.82) is 0 Å². The van der Waals surface area contributed by atoms with E-state index in [0.717, 1.165) is 13.8 Å². The van der Waals surface area contributed by atoms with Gasteiger partial charge in [-0.2, -0.15) is 0 Å². The van der Waals surface area contributed by atoms with Crippen molar-refractivity contribution < 1.29 is 53.7 Å². The first kappa shape index (κ1) is 45.7. The molecule has 314 valence electrons. The number of carbonyl (C=O) groups excluding carboxylic acids is 7. The van der Waals surface area contributed by atoms with E-state index < -0.39 is 109 Å². The predicted octanol–water partition coefficient (Wildman–Crippen LogP) is -5.25. The van der Waals surface area contributed by atoms with E-state index in [1.54, 1.807) is 30.3 Å². The Labute approximate surface area is 330 Å². The van der Waals surface area contributed by atoms with Crippen LogP contribution in [0.4, 0.5) is 0 Å². The lowest BCUT2D eigenvalue weighted by atomic mass is 10.0. The van der Waals surface area contributed by atoms with Gasteiger partial charge < -0.3 is 68.7 Å². The highest BCUT2D eigenvalue weighted by molar-refractivity contribution is 5.98. The minimum Gasteiger partial charge on any atom is -0.480 e. The fraction of sp³-hybridized carbons (Fsp3) is 0.429. The summed E-state index contributed by atoms with van der Waals surface area (Å²) in [6.07, 6.45) is 1.31. The monoisotopic (exact) mass is 812 g/mol. The van der Waals surface area contributed by atoms with Gasteiger partial charge in [0.25, 0.3) is 0 Å². The van der Waals surface area contributed by atoms with Crippen LogP contribution in [0.25, 0.3) is 0 Å². The van der Waals surface area contributed by atoms with Gasteiger partial charge >= 0.3 is 5.97 Å². The molecule has 2 heterocycles. The summed E-state index contributed by atoms with van der Waals surface area (Å²) in [5.74, 6) is -8.32. The van der Waals surface area contributed by atoms with Crippen LogP contribution < -0.4 is 43.4 Å². The van der Waals surface area contributed by atoms with Crippen LogP contribution in [0.5, 0.6) is 0 Å². The second-order valence-corrected chi connectivity index (χ2v) is 13.3. The van der Waals surface area contributed by atoms with Gasteiger partial charge in [0.05, 0.1) is 43.9 Å². The van der Waals surface area contributed by atoms with Crippen LogP contribution in [0, 0.1) is 0 Å². The van der Waals surface area contributed by atoms with Crippen molar-refractivity contribution in [2.75, 3.05) is 6.54 Å². The lowest BCUT2D eigenvalue weighted by Crippen LogP contribution is -2.62. The van der Waals surface area contributed by atoms with Gasteiger partial charge in [0.15, 0.2) is 0 Å². The average Bonchev–Trinajstić information content (AvgIpc) is 3.88. The highest BCUT2D eigenvalue weighted by Gasteiger charge is 2.35. The predicted molar refractivity (Wildman–Crippen MR) is 200 cm³/mol. The van der Waals surface area contributed by atoms with E-state index in [4.69, 9.17) is 11.5 Å². The number of carbonyl (C=O) groups is 8. The molecule has 0 unspecified atom stereocenters. The van der Waals surface area contributed by atoms with E-state index in [1.165, 1.54) is 25.0 Å². The molecule has 15 N–H and O–H groups in total. The summed E-state index contributed by atoms with van der Waals surface area (Å²) in [5.41, 5.74) is 12.8. The second-order valence-electron chi connectivity index (χ2n) is 13.3. The number of amides is 7. The number of hydrogen-bond donors (Lipinski definition) is 13. The normalized spacial score (nSPS) is 15.1. The molecule has 23 heteroatoms. The van der Waals surface area contributed by atoms with Gasteiger partial charge in [-0.05, 0) is 19.4 Å². The fourth-order valence-corrected chi connectivity index (χ4v) is 5.39. The van der Waals surface area contributed by atoms with Gasteiger partial charge in [0, 0.05) is 43.0 Å². The number of aromatic amines is 2. The van der Waals surface area contributed by atoms with Crippen molar-refractivity contribution >= 4 is 47.3 Å². The maximum absolute atomic E-state index is 13.8. The molecular formula is C35H48N12O11. The highest BCUT2D eigenvalue weighted by atomic mass is 16.4. The van der Waals surface area contributed by atoms with Crippen molar-refractivity contribution in [3.63, 3.8) is 0 Å². The van der Waals surface area contributed by atoms with Crippen molar-refractivity contribution in [3.8, 4) is 0 Å². The quantitative estimate of drug-likeness (QED) is 0.0426. The first-order valence-corrected chi connectivity index (χ1v) is 17.8. The molecule has 0 aliphatic rings. The smallest absolute Gasteiger partial charge is 0.326 e. The Morgan fingerprint density at radius 1 is 0.672 bits per heavy atom. The highest BCUT2D eigenvalue weighted by Crippen LogP contribution is 2.08. The number of benzene rings is 1. The summed E-state index contributed by atoms with van der Waals surface area (Å²) in [7, 11) is 0. The lowest BCUT2D eigenvalue weighted by Gasteiger charge is -2.28. The Bertz CT molecular complexity index is 1860. The van der Waals surface area contributed by atoms with Gasteiger partial charge in [-0.15, -0.1) is 0 Å². The van der Waals surface area contributed by atoms with Crippen LogP contribution in [-0.4, -0.2) is 138 Å². The van der Waals surface area contributed by atoms with E-state index in [2.05, 4.69) is 51.8 Å². The van der Waals surface area contributed by atoms with Gasteiger partial charge in [0.1, 0.15) is 30.2 Å². The Hall–Kier alpha value is -6.72. The average molecular weight is 813 g/mol. The molecular weight excluding hydrogens is 764 g/mol. The fourth-order valence-electron chi connectivity index (χ4n) is 5.39. The van der Waals surface area contributed by atoms with E-state index in [1.807, 2.05) is 0 Å². The summed E-state index contributed by atoms with van der Waals surface area (Å²) >= 11 is 0. The maximum Gasteiger partial charge on any atom is 0.326 e. The van der Waals surface area contributed by atoms with Crippen LogP contribution in [0.1, 0.15) is 37.2 Å². The largest absolute Gasteiger partial charge is 0.480 e. The molecule has 0 saturated heterocycles. The number of nitrogens with one attached hydrogen (secondary N) is 8. The van der Waals surface area contributed by atoms with Crippen molar-refractivity contribution in [3.05, 3.63) is 72.3 Å². The van der Waals surface area contributed by atoms with Crippen LogP contribution >= 0.6 is 0 Å². The summed E-state index contributed by atoms with van der Waals surface area (Å²) < 4.78 is 0. The van der Waals surface area contributed by atoms with Gasteiger partial charge in [-0.3, -0.25) is 33.6 Å². The molecule has 0 aliphatic carbocycles. The molecule has 3 rings (SSSR count). The number of imidazole rings is 2. The number of aliphatic hydroxyl groups is 2. The summed E-state index contributed by atoms with van der Waals surface area (Å²) in [6.45, 7) is 1.53. The number of carboxylic acid groups (broad SMARTS) is 1. The van der Waals surface area contributed by atoms with E-state index in [0.29, 0.717) is 17.0 Å². The van der Waals surface area contributed by atoms with Gasteiger partial charge in [-0.1, -0.05) is 30.3 Å². The number of aliphatic hydroxyl groups excluding tert-OH is 2. The van der Waals surface area contributed by atoms with Crippen LogP contribution in [0.15, 0.2) is 55.4 Å². The second kappa shape index (κ2) is 22.1. The third-order valence-electron chi connectivity index (χ3n) is 8.45. The third-order valence-corrected chi connectivity index (χ3v) is 8.45. The number of rotatable bonds is 23. The molecule has 58 heavy (non-hydrogen) atoms. The zero-order valence-corrected chi connectivity index (χ0v) is 31.5. The lowest BCUT2D eigenvalue weighted by molar-refractivity contribution is -0.141. The molecule has 0 saturated carbocycles. The molecule has 1 aromatic carbocycles. The summed E-state index contributed by atoms with van der Waals surface area (Å²) in [6, 6.07) is -0.880. The molecule has 23 nitrogen and oxygen atoms in total. The number of nitrogens with zero attached hydrogens (tertiary/aromatic N) is 2. The molecule has 0 aliphatic heterocycles. The first-order valence-electron chi connectivity index (χ1n) is 17.8. The zero-order valence-electron chi connectivity index (χ0n) is 31.5. The minimum absolute atomic E-state index is 0.00595. The van der Waals surface area contributed by atoms with E-state index in [9.17, 15) is 53.7 Å². The Morgan fingerprint density at radius 3 is 1.74 bits per heavy atom. The van der Waals surface area contributed by atoms with Crippen molar-refractivity contribution in [2.45, 2.75) is 88.0 Å². The molecule has 0 spiro atoms. The molecule has 7 amide bonds. The maximum atomic E-state index is 13.8. The first-order chi connectivity index (χ1) is 27.4. The van der Waals surface area contributed by atoms with Gasteiger partial charge in [-0.25, -0.2) is 14.8 Å². The summed E-state index contributed by atoms with van der Waals surface area (Å²) in [5, 5.41) is 44.2. The Kier molecular flexibility index (Phi) is 17.4.